The SMILES string of the molecule is CC.[B]c1cc(OC)c([C@@H]2C=C(C)CC[C@H]2C(=O)OC)c(OC)c1. The van der Waals surface area contributed by atoms with E-state index >= 15 is 0 Å². The molecule has 0 heterocycles. The molecule has 2 atom stereocenters. The van der Waals surface area contributed by atoms with Gasteiger partial charge in [0.1, 0.15) is 19.3 Å². The molecule has 0 fully saturated rings. The van der Waals surface area contributed by atoms with Crippen molar-refractivity contribution < 1.29 is 19.0 Å². The van der Waals surface area contributed by atoms with E-state index in [9.17, 15) is 4.79 Å². The van der Waals surface area contributed by atoms with E-state index in [-0.39, 0.29) is 17.8 Å². The summed E-state index contributed by atoms with van der Waals surface area (Å²) in [5, 5.41) is 0. The Morgan fingerprint density at radius 3 is 2.12 bits per heavy atom. The molecule has 5 heteroatoms. The van der Waals surface area contributed by atoms with Crippen molar-refractivity contribution in [3.8, 4) is 11.5 Å². The molecule has 1 aliphatic carbocycles. The third kappa shape index (κ3) is 4.34. The molecule has 2 rings (SSSR count). The topological polar surface area (TPSA) is 44.8 Å². The zero-order chi connectivity index (χ0) is 18.3. The lowest BCUT2D eigenvalue weighted by molar-refractivity contribution is -0.146. The van der Waals surface area contributed by atoms with E-state index in [1.54, 1.807) is 26.4 Å². The molecule has 4 nitrogen and oxygen atoms in total. The zero-order valence-corrected chi connectivity index (χ0v) is 15.5. The van der Waals surface area contributed by atoms with E-state index in [1.165, 1.54) is 12.7 Å². The first-order valence-corrected chi connectivity index (χ1v) is 8.28. The van der Waals surface area contributed by atoms with Crippen LogP contribution in [0.5, 0.6) is 11.5 Å². The molecule has 0 aliphatic heterocycles. The van der Waals surface area contributed by atoms with Crippen molar-refractivity contribution in [3.05, 3.63) is 29.3 Å². The standard InChI is InChI=1S/C17H21BO4.C2H6/c1-10-5-6-12(17(19)22-4)13(7-10)16-14(20-2)8-11(18)9-15(16)21-3;1-2/h7-9,12-13H,5-6H2,1-4H3;1-2H3/t12-,13-;/m1./s1. The van der Waals surface area contributed by atoms with E-state index in [0.29, 0.717) is 17.0 Å². The number of ether oxygens (including phenoxy) is 3. The summed E-state index contributed by atoms with van der Waals surface area (Å²) in [7, 11) is 10.5. The van der Waals surface area contributed by atoms with Crippen molar-refractivity contribution in [2.24, 2.45) is 5.92 Å². The second kappa shape index (κ2) is 9.41. The van der Waals surface area contributed by atoms with Crippen molar-refractivity contribution in [3.63, 3.8) is 0 Å². The smallest absolute Gasteiger partial charge is 0.309 e. The van der Waals surface area contributed by atoms with Gasteiger partial charge in [-0.25, -0.2) is 0 Å². The molecule has 1 aromatic rings. The summed E-state index contributed by atoms with van der Waals surface area (Å²) in [4.78, 5) is 12.2. The van der Waals surface area contributed by atoms with Gasteiger partial charge in [-0.1, -0.05) is 31.0 Å². The lowest BCUT2D eigenvalue weighted by Gasteiger charge is -2.30. The van der Waals surface area contributed by atoms with Gasteiger partial charge in [0.15, 0.2) is 0 Å². The van der Waals surface area contributed by atoms with Gasteiger partial charge in [0.2, 0.25) is 0 Å². The molecule has 0 saturated heterocycles. The minimum atomic E-state index is -0.250. The number of rotatable bonds is 4. The maximum Gasteiger partial charge on any atom is 0.309 e. The Morgan fingerprint density at radius 1 is 1.12 bits per heavy atom. The molecule has 0 amide bonds. The van der Waals surface area contributed by atoms with Crippen LogP contribution in [0.1, 0.15) is 45.1 Å². The van der Waals surface area contributed by atoms with Crippen molar-refractivity contribution in [1.29, 1.82) is 0 Å². The van der Waals surface area contributed by atoms with Crippen LogP contribution in [0.4, 0.5) is 0 Å². The van der Waals surface area contributed by atoms with Gasteiger partial charge >= 0.3 is 5.97 Å². The number of hydrogen-bond acceptors (Lipinski definition) is 4. The van der Waals surface area contributed by atoms with Gasteiger partial charge < -0.3 is 14.2 Å². The number of methoxy groups -OCH3 is 3. The molecule has 0 N–H and O–H groups in total. The first-order chi connectivity index (χ1) is 11.5. The highest BCUT2D eigenvalue weighted by molar-refractivity contribution is 6.32. The van der Waals surface area contributed by atoms with Gasteiger partial charge in [0.25, 0.3) is 0 Å². The Balaban J connectivity index is 0.00000139. The van der Waals surface area contributed by atoms with Crippen molar-refractivity contribution in [1.82, 2.24) is 0 Å². The van der Waals surface area contributed by atoms with Crippen molar-refractivity contribution in [2.45, 2.75) is 39.5 Å². The summed E-state index contributed by atoms with van der Waals surface area (Å²) in [6.07, 6.45) is 3.73. The molecule has 24 heavy (non-hydrogen) atoms. The number of esters is 1. The van der Waals surface area contributed by atoms with Crippen LogP contribution >= 0.6 is 0 Å². The highest BCUT2D eigenvalue weighted by Gasteiger charge is 2.35. The average Bonchev–Trinajstić information content (AvgIpc) is 2.61. The zero-order valence-electron chi connectivity index (χ0n) is 15.5. The first kappa shape index (κ1) is 20.1. The molecular weight excluding hydrogens is 303 g/mol. The van der Waals surface area contributed by atoms with Gasteiger partial charge in [-0.05, 0) is 31.9 Å². The summed E-state index contributed by atoms with van der Waals surface area (Å²) in [6.45, 7) is 6.07. The number of carbonyl (C=O) groups excluding carboxylic acids is 1. The third-order valence-corrected chi connectivity index (χ3v) is 4.15. The van der Waals surface area contributed by atoms with E-state index in [4.69, 9.17) is 22.1 Å². The second-order valence-corrected chi connectivity index (χ2v) is 5.55. The molecule has 0 unspecified atom stereocenters. The van der Waals surface area contributed by atoms with Crippen molar-refractivity contribution >= 4 is 19.3 Å². The maximum atomic E-state index is 12.2. The fourth-order valence-electron chi connectivity index (χ4n) is 3.06. The fourth-order valence-corrected chi connectivity index (χ4v) is 3.06. The number of allylic oxidation sites excluding steroid dienone is 2. The van der Waals surface area contributed by atoms with Crippen LogP contribution in [0.2, 0.25) is 0 Å². The van der Waals surface area contributed by atoms with Crippen LogP contribution in [0, 0.1) is 5.92 Å². The molecule has 130 valence electrons. The van der Waals surface area contributed by atoms with E-state index in [1.807, 2.05) is 13.8 Å². The van der Waals surface area contributed by atoms with Gasteiger partial charge in [0.05, 0.1) is 27.2 Å². The normalized spacial score (nSPS) is 19.5. The first-order valence-electron chi connectivity index (χ1n) is 8.28. The molecule has 0 bridgehead atoms. The Hall–Kier alpha value is -1.91. The quantitative estimate of drug-likeness (QED) is 0.483. The summed E-state index contributed by atoms with van der Waals surface area (Å²) in [6, 6.07) is 3.51. The highest BCUT2D eigenvalue weighted by Crippen LogP contribution is 2.44. The lowest BCUT2D eigenvalue weighted by Crippen LogP contribution is -2.26. The molecule has 1 aliphatic rings. The third-order valence-electron chi connectivity index (χ3n) is 4.15. The molecule has 0 spiro atoms. The van der Waals surface area contributed by atoms with E-state index in [0.717, 1.165) is 18.4 Å². The predicted molar refractivity (Wildman–Crippen MR) is 97.5 cm³/mol. The minimum Gasteiger partial charge on any atom is -0.496 e. The number of carbonyl (C=O) groups is 1. The summed E-state index contributed by atoms with van der Waals surface area (Å²) in [5.41, 5.74) is 2.64. The van der Waals surface area contributed by atoms with Crippen LogP contribution in [0.15, 0.2) is 23.8 Å². The van der Waals surface area contributed by atoms with E-state index < -0.39 is 0 Å². The van der Waals surface area contributed by atoms with Crippen LogP contribution < -0.4 is 14.9 Å². The molecule has 0 aromatic heterocycles. The number of hydrogen-bond donors (Lipinski definition) is 0. The lowest BCUT2D eigenvalue weighted by atomic mass is 9.76. The van der Waals surface area contributed by atoms with Crippen LogP contribution in [-0.2, 0) is 9.53 Å². The molecule has 0 saturated carbocycles. The van der Waals surface area contributed by atoms with Gasteiger partial charge in [0, 0.05) is 11.5 Å². The Bertz CT molecular complexity index is 570. The predicted octanol–water partition coefficient (Wildman–Crippen LogP) is 3.14. The summed E-state index contributed by atoms with van der Waals surface area (Å²) < 4.78 is 15.9. The molecule has 1 aromatic carbocycles. The Labute approximate surface area is 146 Å². The molecular formula is C19H27BO4. The van der Waals surface area contributed by atoms with Crippen LogP contribution in [0.3, 0.4) is 0 Å². The molecule has 2 radical (unpaired) electrons. The fraction of sp³-hybridized carbons (Fsp3) is 0.526. The number of benzene rings is 1. The minimum absolute atomic E-state index is 0.147. The van der Waals surface area contributed by atoms with E-state index in [2.05, 4.69) is 13.0 Å². The highest BCUT2D eigenvalue weighted by atomic mass is 16.5. The largest absolute Gasteiger partial charge is 0.496 e. The van der Waals surface area contributed by atoms with Gasteiger partial charge in [-0.2, -0.15) is 0 Å². The Kier molecular flexibility index (Phi) is 7.89. The summed E-state index contributed by atoms with van der Waals surface area (Å²) >= 11 is 0. The maximum absolute atomic E-state index is 12.2. The summed E-state index contributed by atoms with van der Waals surface area (Å²) in [5.74, 6) is 0.643. The van der Waals surface area contributed by atoms with Gasteiger partial charge in [-0.3, -0.25) is 4.79 Å². The van der Waals surface area contributed by atoms with Gasteiger partial charge in [-0.15, -0.1) is 0 Å². The average molecular weight is 330 g/mol. The van der Waals surface area contributed by atoms with Crippen LogP contribution in [0.25, 0.3) is 0 Å². The van der Waals surface area contributed by atoms with Crippen molar-refractivity contribution in [2.75, 3.05) is 21.3 Å². The van der Waals surface area contributed by atoms with Crippen LogP contribution in [-0.4, -0.2) is 35.1 Å². The second-order valence-electron chi connectivity index (χ2n) is 5.55. The Morgan fingerprint density at radius 2 is 1.67 bits per heavy atom. The monoisotopic (exact) mass is 330 g/mol.